The van der Waals surface area contributed by atoms with E-state index in [1.54, 1.807) is 25.4 Å². The lowest BCUT2D eigenvalue weighted by atomic mass is 10.3. The van der Waals surface area contributed by atoms with Crippen LogP contribution in [0.2, 0.25) is 0 Å². The predicted molar refractivity (Wildman–Crippen MR) is 81.3 cm³/mol. The summed E-state index contributed by atoms with van der Waals surface area (Å²) in [5.41, 5.74) is 1.59. The number of nitrogens with one attached hydrogen (secondary N) is 2. The number of rotatable bonds is 4. The van der Waals surface area contributed by atoms with Gasteiger partial charge in [0.05, 0.1) is 16.8 Å². The first-order chi connectivity index (χ1) is 9.90. The van der Waals surface area contributed by atoms with Crippen molar-refractivity contribution in [2.24, 2.45) is 0 Å². The van der Waals surface area contributed by atoms with Gasteiger partial charge in [0.1, 0.15) is 5.69 Å². The quantitative estimate of drug-likeness (QED) is 0.899. The highest BCUT2D eigenvalue weighted by molar-refractivity contribution is 7.90. The molecule has 7 heteroatoms. The summed E-state index contributed by atoms with van der Waals surface area (Å²) in [6.07, 6.45) is 2.69. The maximum Gasteiger partial charge on any atom is 0.274 e. The van der Waals surface area contributed by atoms with Gasteiger partial charge in [0.15, 0.2) is 9.84 Å². The minimum atomic E-state index is -3.24. The van der Waals surface area contributed by atoms with Gasteiger partial charge in [0.25, 0.3) is 5.91 Å². The number of nitrogens with zero attached hydrogens (tertiary/aromatic N) is 1. The number of pyridine rings is 1. The van der Waals surface area contributed by atoms with Crippen LogP contribution in [-0.4, -0.2) is 32.6 Å². The highest BCUT2D eigenvalue weighted by Gasteiger charge is 2.09. The zero-order chi connectivity index (χ0) is 15.5. The number of hydrogen-bond acceptors (Lipinski definition) is 5. The van der Waals surface area contributed by atoms with E-state index in [0.29, 0.717) is 5.69 Å². The van der Waals surface area contributed by atoms with E-state index < -0.39 is 9.84 Å². The summed E-state index contributed by atoms with van der Waals surface area (Å²) in [4.78, 5) is 16.2. The third kappa shape index (κ3) is 3.79. The zero-order valence-corrected chi connectivity index (χ0v) is 12.4. The van der Waals surface area contributed by atoms with Crippen LogP contribution < -0.4 is 10.6 Å². The van der Waals surface area contributed by atoms with E-state index in [4.69, 9.17) is 0 Å². The molecule has 1 amide bonds. The molecule has 1 aromatic carbocycles. The molecule has 0 spiro atoms. The second-order valence-electron chi connectivity index (χ2n) is 4.43. The number of hydrogen-bond donors (Lipinski definition) is 2. The fourth-order valence-corrected chi connectivity index (χ4v) is 2.29. The molecule has 0 aliphatic carbocycles. The molecule has 0 saturated carbocycles. The molecule has 0 unspecified atom stereocenters. The molecule has 2 aromatic rings. The Hall–Kier alpha value is -2.41. The van der Waals surface area contributed by atoms with Crippen LogP contribution in [0, 0.1) is 0 Å². The number of anilines is 2. The van der Waals surface area contributed by atoms with Gasteiger partial charge >= 0.3 is 0 Å². The van der Waals surface area contributed by atoms with Crippen LogP contribution in [0.4, 0.5) is 11.4 Å². The summed E-state index contributed by atoms with van der Waals surface area (Å²) in [5, 5.41) is 5.57. The van der Waals surface area contributed by atoms with E-state index in [1.165, 1.54) is 24.3 Å². The van der Waals surface area contributed by atoms with E-state index in [-0.39, 0.29) is 16.5 Å². The van der Waals surface area contributed by atoms with Gasteiger partial charge in [-0.05, 0) is 36.4 Å². The molecule has 2 N–H and O–H groups in total. The van der Waals surface area contributed by atoms with E-state index in [9.17, 15) is 13.2 Å². The molecule has 0 radical (unpaired) electrons. The Balaban J connectivity index is 2.12. The number of benzene rings is 1. The largest absolute Gasteiger partial charge is 0.387 e. The lowest BCUT2D eigenvalue weighted by molar-refractivity contribution is 0.102. The molecule has 0 aliphatic rings. The normalized spacial score (nSPS) is 11.0. The van der Waals surface area contributed by atoms with Gasteiger partial charge in [-0.15, -0.1) is 0 Å². The summed E-state index contributed by atoms with van der Waals surface area (Å²) in [7, 11) is -1.48. The summed E-state index contributed by atoms with van der Waals surface area (Å²) in [6, 6.07) is 9.32. The Labute approximate surface area is 123 Å². The van der Waals surface area contributed by atoms with Crippen LogP contribution in [-0.2, 0) is 9.84 Å². The van der Waals surface area contributed by atoms with Crippen molar-refractivity contribution < 1.29 is 13.2 Å². The molecule has 2 rings (SSSR count). The van der Waals surface area contributed by atoms with Gasteiger partial charge in [-0.1, -0.05) is 0 Å². The third-order valence-corrected chi connectivity index (χ3v) is 3.95. The Bertz CT molecular complexity index is 738. The summed E-state index contributed by atoms with van der Waals surface area (Å²) >= 11 is 0. The lowest BCUT2D eigenvalue weighted by Crippen LogP contribution is -2.13. The van der Waals surface area contributed by atoms with Gasteiger partial charge in [-0.3, -0.25) is 4.79 Å². The SMILES string of the molecule is CNc1ccc(C(=O)Nc2ccc(S(C)(=O)=O)cc2)nc1. The lowest BCUT2D eigenvalue weighted by Gasteiger charge is -2.06. The number of amides is 1. The van der Waals surface area contributed by atoms with Crippen LogP contribution in [0.3, 0.4) is 0 Å². The van der Waals surface area contributed by atoms with Crippen molar-refractivity contribution in [3.63, 3.8) is 0 Å². The molecule has 21 heavy (non-hydrogen) atoms. The van der Waals surface area contributed by atoms with Crippen molar-refractivity contribution in [1.29, 1.82) is 0 Å². The Morgan fingerprint density at radius 3 is 2.14 bits per heavy atom. The Morgan fingerprint density at radius 1 is 1.05 bits per heavy atom. The van der Waals surface area contributed by atoms with Gasteiger partial charge in [-0.25, -0.2) is 13.4 Å². The van der Waals surface area contributed by atoms with Gasteiger partial charge in [0.2, 0.25) is 0 Å². The average molecular weight is 305 g/mol. The number of carbonyl (C=O) groups is 1. The number of sulfone groups is 1. The van der Waals surface area contributed by atoms with Crippen LogP contribution >= 0.6 is 0 Å². The maximum atomic E-state index is 12.0. The topological polar surface area (TPSA) is 88.2 Å². The second-order valence-corrected chi connectivity index (χ2v) is 6.45. The average Bonchev–Trinajstić information content (AvgIpc) is 2.47. The minimum absolute atomic E-state index is 0.206. The van der Waals surface area contributed by atoms with E-state index in [2.05, 4.69) is 15.6 Å². The van der Waals surface area contributed by atoms with E-state index >= 15 is 0 Å². The number of aromatic nitrogens is 1. The molecule has 0 aliphatic heterocycles. The summed E-state index contributed by atoms with van der Waals surface area (Å²) < 4.78 is 22.7. The van der Waals surface area contributed by atoms with Crippen molar-refractivity contribution >= 4 is 27.1 Å². The van der Waals surface area contributed by atoms with Crippen molar-refractivity contribution in [2.75, 3.05) is 23.9 Å². The van der Waals surface area contributed by atoms with Crippen molar-refractivity contribution in [1.82, 2.24) is 4.98 Å². The van der Waals surface area contributed by atoms with Crippen molar-refractivity contribution in [3.05, 3.63) is 48.3 Å². The first-order valence-electron chi connectivity index (χ1n) is 6.15. The first kappa shape index (κ1) is 15.0. The monoisotopic (exact) mass is 305 g/mol. The van der Waals surface area contributed by atoms with Crippen LogP contribution in [0.5, 0.6) is 0 Å². The first-order valence-corrected chi connectivity index (χ1v) is 8.04. The molecular formula is C14H15N3O3S. The molecule has 1 heterocycles. The molecule has 1 aromatic heterocycles. The molecule has 6 nitrogen and oxygen atoms in total. The predicted octanol–water partition coefficient (Wildman–Crippen LogP) is 1.78. The van der Waals surface area contributed by atoms with E-state index in [0.717, 1.165) is 11.9 Å². The molecule has 0 saturated heterocycles. The van der Waals surface area contributed by atoms with Crippen LogP contribution in [0.1, 0.15) is 10.5 Å². The maximum absolute atomic E-state index is 12.0. The van der Waals surface area contributed by atoms with Crippen molar-refractivity contribution in [2.45, 2.75) is 4.90 Å². The summed E-state index contributed by atoms with van der Waals surface area (Å²) in [6.45, 7) is 0. The van der Waals surface area contributed by atoms with Gasteiger partial charge in [0, 0.05) is 19.0 Å². The van der Waals surface area contributed by atoms with Crippen molar-refractivity contribution in [3.8, 4) is 0 Å². The molecule has 110 valence electrons. The second kappa shape index (κ2) is 5.92. The fraction of sp³-hybridized carbons (Fsp3) is 0.143. The van der Waals surface area contributed by atoms with Crippen LogP contribution in [0.25, 0.3) is 0 Å². The number of carbonyl (C=O) groups excluding carboxylic acids is 1. The Morgan fingerprint density at radius 2 is 1.67 bits per heavy atom. The zero-order valence-electron chi connectivity index (χ0n) is 11.6. The molecular weight excluding hydrogens is 290 g/mol. The summed E-state index contributed by atoms with van der Waals surface area (Å²) in [5.74, 6) is -0.357. The highest BCUT2D eigenvalue weighted by Crippen LogP contribution is 2.15. The molecule has 0 fully saturated rings. The molecule has 0 bridgehead atoms. The van der Waals surface area contributed by atoms with Crippen LogP contribution in [0.15, 0.2) is 47.5 Å². The smallest absolute Gasteiger partial charge is 0.274 e. The van der Waals surface area contributed by atoms with E-state index in [1.807, 2.05) is 0 Å². The highest BCUT2D eigenvalue weighted by atomic mass is 32.2. The van der Waals surface area contributed by atoms with Gasteiger partial charge < -0.3 is 10.6 Å². The third-order valence-electron chi connectivity index (χ3n) is 2.83. The van der Waals surface area contributed by atoms with Gasteiger partial charge in [-0.2, -0.15) is 0 Å². The minimum Gasteiger partial charge on any atom is -0.387 e. The standard InChI is InChI=1S/C14H15N3O3S/c1-15-11-5-8-13(16-9-11)14(18)17-10-3-6-12(7-4-10)21(2,19)20/h3-9,15H,1-2H3,(H,17,18). The molecule has 0 atom stereocenters. The Kier molecular flexibility index (Phi) is 4.23. The fourth-order valence-electron chi connectivity index (χ4n) is 1.66.